The molecule has 0 bridgehead atoms. The van der Waals surface area contributed by atoms with Gasteiger partial charge in [-0.2, -0.15) is 8.42 Å². The maximum absolute atomic E-state index is 12.3. The molecule has 1 unspecified atom stereocenters. The Morgan fingerprint density at radius 2 is 2.04 bits per heavy atom. The average molecular weight is 378 g/mol. The van der Waals surface area contributed by atoms with Gasteiger partial charge in [-0.3, -0.25) is 4.18 Å². The number of nitrogen functional groups attached to an aromatic ring is 1. The molecular weight excluding hydrogens is 360 g/mol. The number of oxime groups is 1. The molecule has 8 nitrogen and oxygen atoms in total. The van der Waals surface area contributed by atoms with Crippen LogP contribution in [0.4, 0.5) is 5.69 Å². The number of rotatable bonds is 5. The average Bonchev–Trinajstić information content (AvgIpc) is 2.63. The van der Waals surface area contributed by atoms with Gasteiger partial charge in [0.1, 0.15) is 13.2 Å². The molecule has 0 radical (unpaired) electrons. The lowest BCUT2D eigenvalue weighted by molar-refractivity contribution is 0.0554. The Kier molecular flexibility index (Phi) is 5.01. The summed E-state index contributed by atoms with van der Waals surface area (Å²) in [6, 6.07) is 9.56. The largest absolute Gasteiger partial charge is 0.486 e. The molecule has 138 valence electrons. The van der Waals surface area contributed by atoms with Crippen molar-refractivity contribution in [2.45, 2.75) is 17.9 Å². The van der Waals surface area contributed by atoms with Crippen LogP contribution in [0.2, 0.25) is 0 Å². The number of hydrogen-bond acceptors (Lipinski definition) is 8. The topological polar surface area (TPSA) is 120 Å². The number of benzene rings is 2. The van der Waals surface area contributed by atoms with Crippen molar-refractivity contribution < 1.29 is 27.3 Å². The second-order valence-corrected chi connectivity index (χ2v) is 7.36. The van der Waals surface area contributed by atoms with Crippen LogP contribution in [0, 0.1) is 6.92 Å². The minimum Gasteiger partial charge on any atom is -0.486 e. The zero-order valence-electron chi connectivity index (χ0n) is 14.0. The number of nitrogens with zero attached hydrogens (tertiary/aromatic N) is 1. The molecule has 0 saturated carbocycles. The maximum atomic E-state index is 12.3. The lowest BCUT2D eigenvalue weighted by atomic mass is 10.1. The third-order valence-electron chi connectivity index (χ3n) is 3.81. The van der Waals surface area contributed by atoms with E-state index < -0.39 is 16.2 Å². The molecule has 1 heterocycles. The second-order valence-electron chi connectivity index (χ2n) is 5.74. The number of ether oxygens (including phenoxy) is 2. The summed E-state index contributed by atoms with van der Waals surface area (Å²) in [6.07, 6.45) is 0.458. The normalized spacial score (nSPS) is 16.7. The third-order valence-corrected chi connectivity index (χ3v) is 5.10. The Hall–Kier alpha value is -2.78. The first kappa shape index (κ1) is 18.0. The zero-order chi connectivity index (χ0) is 18.7. The highest BCUT2D eigenvalue weighted by Gasteiger charge is 2.27. The quantitative estimate of drug-likeness (QED) is 0.268. The fourth-order valence-corrected chi connectivity index (χ4v) is 3.36. The molecule has 2 aromatic carbocycles. The van der Waals surface area contributed by atoms with Gasteiger partial charge in [-0.1, -0.05) is 22.9 Å². The van der Waals surface area contributed by atoms with Crippen molar-refractivity contribution in [1.29, 1.82) is 0 Å². The number of nitrogens with two attached hydrogens (primary N) is 1. The SMILES string of the molecule is Cc1ccc(S(=O)(=O)OCC2COc3ccc(N)c(/C=N/O)c3O2)cc1. The van der Waals surface area contributed by atoms with E-state index in [2.05, 4.69) is 5.16 Å². The summed E-state index contributed by atoms with van der Waals surface area (Å²) in [6.45, 7) is 1.73. The molecule has 0 fully saturated rings. The monoisotopic (exact) mass is 378 g/mol. The summed E-state index contributed by atoms with van der Waals surface area (Å²) in [7, 11) is -3.91. The Labute approximate surface area is 150 Å². The van der Waals surface area contributed by atoms with E-state index in [1.807, 2.05) is 6.92 Å². The van der Waals surface area contributed by atoms with Crippen molar-refractivity contribution in [1.82, 2.24) is 0 Å². The number of hydrogen-bond donors (Lipinski definition) is 2. The first-order valence-corrected chi connectivity index (χ1v) is 9.17. The molecule has 3 N–H and O–H groups in total. The fourth-order valence-electron chi connectivity index (χ4n) is 2.42. The summed E-state index contributed by atoms with van der Waals surface area (Å²) in [4.78, 5) is 0.0672. The molecule has 0 aliphatic carbocycles. The van der Waals surface area contributed by atoms with E-state index in [1.54, 1.807) is 24.3 Å². The Morgan fingerprint density at radius 3 is 2.73 bits per heavy atom. The number of aryl methyl sites for hydroxylation is 1. The molecule has 0 amide bonds. The minimum absolute atomic E-state index is 0.0672. The molecule has 0 aromatic heterocycles. The van der Waals surface area contributed by atoms with Gasteiger partial charge >= 0.3 is 0 Å². The van der Waals surface area contributed by atoms with Crippen LogP contribution >= 0.6 is 0 Å². The number of anilines is 1. The van der Waals surface area contributed by atoms with Crippen LogP contribution in [0.3, 0.4) is 0 Å². The summed E-state index contributed by atoms with van der Waals surface area (Å²) in [5, 5.41) is 11.7. The van der Waals surface area contributed by atoms with Crippen molar-refractivity contribution in [3.05, 3.63) is 47.5 Å². The van der Waals surface area contributed by atoms with Crippen LogP contribution in [0.25, 0.3) is 0 Å². The van der Waals surface area contributed by atoms with Crippen LogP contribution < -0.4 is 15.2 Å². The standard InChI is InChI=1S/C17H18N2O6S/c1-11-2-4-13(5-3-11)26(21,22)24-10-12-9-23-16-7-6-15(18)14(8-19-20)17(16)25-12/h2-8,12,20H,9-10,18H2,1H3/b19-8+. The van der Waals surface area contributed by atoms with E-state index in [1.165, 1.54) is 12.1 Å². The highest BCUT2D eigenvalue weighted by atomic mass is 32.2. The van der Waals surface area contributed by atoms with Crippen LogP contribution in [-0.2, 0) is 14.3 Å². The van der Waals surface area contributed by atoms with Gasteiger partial charge in [0.2, 0.25) is 0 Å². The predicted molar refractivity (Wildman–Crippen MR) is 94.5 cm³/mol. The molecule has 1 aliphatic heterocycles. The van der Waals surface area contributed by atoms with Gasteiger partial charge in [0.25, 0.3) is 10.1 Å². The molecule has 1 aliphatic rings. The maximum Gasteiger partial charge on any atom is 0.297 e. The van der Waals surface area contributed by atoms with Crippen molar-refractivity contribution >= 4 is 22.0 Å². The minimum atomic E-state index is -3.91. The molecule has 26 heavy (non-hydrogen) atoms. The first-order chi connectivity index (χ1) is 12.4. The second kappa shape index (κ2) is 7.22. The Morgan fingerprint density at radius 1 is 1.31 bits per heavy atom. The molecular formula is C17H18N2O6S. The molecule has 0 spiro atoms. The van der Waals surface area contributed by atoms with Crippen LogP contribution in [-0.4, -0.2) is 39.2 Å². The molecule has 1 atom stereocenters. The zero-order valence-corrected chi connectivity index (χ0v) is 14.8. The van der Waals surface area contributed by atoms with Gasteiger partial charge in [-0.15, -0.1) is 0 Å². The van der Waals surface area contributed by atoms with Crippen molar-refractivity contribution in [3.8, 4) is 11.5 Å². The summed E-state index contributed by atoms with van der Waals surface area (Å²) in [5.41, 5.74) is 7.46. The molecule has 0 saturated heterocycles. The summed E-state index contributed by atoms with van der Waals surface area (Å²) in [5.74, 6) is 0.696. The Bertz CT molecular complexity index is 925. The third kappa shape index (κ3) is 3.73. The van der Waals surface area contributed by atoms with Gasteiger partial charge in [0, 0.05) is 5.69 Å². The van der Waals surface area contributed by atoms with Crippen molar-refractivity contribution in [2.75, 3.05) is 18.9 Å². The van der Waals surface area contributed by atoms with E-state index in [0.29, 0.717) is 17.0 Å². The predicted octanol–water partition coefficient (Wildman–Crippen LogP) is 1.93. The van der Waals surface area contributed by atoms with Crippen LogP contribution in [0.5, 0.6) is 11.5 Å². The van der Waals surface area contributed by atoms with Crippen LogP contribution in [0.15, 0.2) is 46.4 Å². The molecule has 3 rings (SSSR count). The van der Waals surface area contributed by atoms with E-state index in [9.17, 15) is 8.42 Å². The Balaban J connectivity index is 1.73. The van der Waals surface area contributed by atoms with Crippen molar-refractivity contribution in [2.24, 2.45) is 5.16 Å². The smallest absolute Gasteiger partial charge is 0.297 e. The van der Waals surface area contributed by atoms with Gasteiger partial charge in [-0.25, -0.2) is 0 Å². The lowest BCUT2D eigenvalue weighted by Crippen LogP contribution is -2.34. The lowest BCUT2D eigenvalue weighted by Gasteiger charge is -2.27. The fraction of sp³-hybridized carbons (Fsp3) is 0.235. The highest BCUT2D eigenvalue weighted by Crippen LogP contribution is 2.37. The van der Waals surface area contributed by atoms with Gasteiger partial charge in [0.15, 0.2) is 17.6 Å². The van der Waals surface area contributed by atoms with Crippen molar-refractivity contribution in [3.63, 3.8) is 0 Å². The first-order valence-electron chi connectivity index (χ1n) is 7.76. The van der Waals surface area contributed by atoms with Gasteiger partial charge in [-0.05, 0) is 31.2 Å². The molecule has 9 heteroatoms. The van der Waals surface area contributed by atoms with Gasteiger partial charge in [0.05, 0.1) is 16.7 Å². The van der Waals surface area contributed by atoms with Gasteiger partial charge < -0.3 is 20.4 Å². The summed E-state index contributed by atoms with van der Waals surface area (Å²) < 4.78 is 40.9. The van der Waals surface area contributed by atoms with E-state index in [0.717, 1.165) is 11.8 Å². The van der Waals surface area contributed by atoms with E-state index in [-0.39, 0.29) is 23.9 Å². The molecule has 2 aromatic rings. The van der Waals surface area contributed by atoms with Crippen LogP contribution in [0.1, 0.15) is 11.1 Å². The van der Waals surface area contributed by atoms with E-state index >= 15 is 0 Å². The highest BCUT2D eigenvalue weighted by molar-refractivity contribution is 7.86. The summed E-state index contributed by atoms with van der Waals surface area (Å²) >= 11 is 0. The van der Waals surface area contributed by atoms with E-state index in [4.69, 9.17) is 24.6 Å². The number of fused-ring (bicyclic) bond motifs is 1.